The fourth-order valence-electron chi connectivity index (χ4n) is 3.83. The van der Waals surface area contributed by atoms with Gasteiger partial charge in [0.1, 0.15) is 0 Å². The molecule has 0 radical (unpaired) electrons. The summed E-state index contributed by atoms with van der Waals surface area (Å²) in [6.07, 6.45) is 5.51. The van der Waals surface area contributed by atoms with Crippen LogP contribution in [0.5, 0.6) is 5.88 Å². The van der Waals surface area contributed by atoms with Crippen LogP contribution in [-0.2, 0) is 30.4 Å². The molecule has 2 amide bonds. The topological polar surface area (TPSA) is 118 Å². The summed E-state index contributed by atoms with van der Waals surface area (Å²) in [6, 6.07) is 8.69. The van der Waals surface area contributed by atoms with Crippen molar-refractivity contribution in [2.75, 3.05) is 12.4 Å². The predicted octanol–water partition coefficient (Wildman–Crippen LogP) is 2.67. The molecule has 1 aromatic carbocycles. The van der Waals surface area contributed by atoms with E-state index in [1.54, 1.807) is 32.5 Å². The molecular weight excluding hydrogens is 430 g/mol. The Morgan fingerprint density at radius 1 is 1.31 bits per heavy atom. The number of hydrogen-bond acceptors (Lipinski definition) is 6. The van der Waals surface area contributed by atoms with E-state index in [0.29, 0.717) is 11.6 Å². The Morgan fingerprint density at radius 3 is 2.94 bits per heavy atom. The van der Waals surface area contributed by atoms with E-state index >= 15 is 0 Å². The van der Waals surface area contributed by atoms with Crippen LogP contribution in [0.4, 0.5) is 10.5 Å². The van der Waals surface area contributed by atoms with E-state index in [9.17, 15) is 14.1 Å². The molecule has 3 N–H and O–H groups in total. The number of carbonyl (C=O) groups is 1. The number of carbonyl (C=O) groups excluding carboxylic acids is 1. The minimum atomic E-state index is -1.84. The van der Waals surface area contributed by atoms with E-state index in [0.717, 1.165) is 36.0 Å². The smallest absolute Gasteiger partial charge is 0.331 e. The highest BCUT2D eigenvalue weighted by Crippen LogP contribution is 2.38. The molecular formula is C22H25N5O4S. The highest BCUT2D eigenvalue weighted by Gasteiger charge is 2.22. The molecule has 32 heavy (non-hydrogen) atoms. The number of methoxy groups -OCH3 is 1. The van der Waals surface area contributed by atoms with Crippen LogP contribution >= 0.6 is 0 Å². The standard InChI is InChI=1S/C22H25N5O4S/c1-14(28)13-27-11-9-20(25-27)32(30)26-22(29)24-21-17-5-3-4-15(17)6-7-18(21)16-8-10-23-19(12-16)31-2/h6-12,14,28H,3-5,13H2,1-2H3,(H2,24,26,29). The van der Waals surface area contributed by atoms with Crippen LogP contribution in [0.25, 0.3) is 11.1 Å². The molecule has 1 aliphatic rings. The summed E-state index contributed by atoms with van der Waals surface area (Å²) in [4.78, 5) is 16.9. The van der Waals surface area contributed by atoms with Gasteiger partial charge >= 0.3 is 6.03 Å². The minimum absolute atomic E-state index is 0.207. The van der Waals surface area contributed by atoms with E-state index in [2.05, 4.69) is 26.2 Å². The number of anilines is 1. The normalized spacial score (nSPS) is 14.5. The van der Waals surface area contributed by atoms with Gasteiger partial charge in [0.05, 0.1) is 25.4 Å². The number of rotatable bonds is 7. The lowest BCUT2D eigenvalue weighted by atomic mass is 9.98. The molecule has 2 heterocycles. The summed E-state index contributed by atoms with van der Waals surface area (Å²) < 4.78 is 21.8. The van der Waals surface area contributed by atoms with Crippen LogP contribution in [0.2, 0.25) is 0 Å². The molecule has 3 aromatic rings. The quantitative estimate of drug-likeness (QED) is 0.504. The van der Waals surface area contributed by atoms with Crippen molar-refractivity contribution in [3.8, 4) is 17.0 Å². The second kappa shape index (κ2) is 9.49. The summed E-state index contributed by atoms with van der Waals surface area (Å²) in [5, 5.41) is 16.7. The Morgan fingerprint density at radius 2 is 2.16 bits per heavy atom. The SMILES string of the molecule is COc1cc(-c2ccc3c(c2NC(=O)NS(=O)c2ccn(CC(C)O)n2)CCC3)ccn1. The maximum absolute atomic E-state index is 12.8. The van der Waals surface area contributed by atoms with Gasteiger partial charge in [-0.05, 0) is 55.0 Å². The van der Waals surface area contributed by atoms with Crippen molar-refractivity contribution in [3.63, 3.8) is 0 Å². The number of nitrogens with zero attached hydrogens (tertiary/aromatic N) is 3. The van der Waals surface area contributed by atoms with Gasteiger partial charge < -0.3 is 15.2 Å². The first-order chi connectivity index (χ1) is 15.4. The zero-order valence-corrected chi connectivity index (χ0v) is 18.7. The third-order valence-electron chi connectivity index (χ3n) is 5.22. The zero-order valence-electron chi connectivity index (χ0n) is 17.9. The third-order valence-corrected chi connectivity index (χ3v) is 6.19. The van der Waals surface area contributed by atoms with Crippen LogP contribution in [0, 0.1) is 0 Å². The molecule has 4 rings (SSSR count). The lowest BCUT2D eigenvalue weighted by molar-refractivity contribution is 0.168. The fraction of sp³-hybridized carbons (Fsp3) is 0.318. The summed E-state index contributed by atoms with van der Waals surface area (Å²) >= 11 is 0. The Balaban J connectivity index is 1.56. The van der Waals surface area contributed by atoms with Crippen LogP contribution < -0.4 is 14.8 Å². The van der Waals surface area contributed by atoms with Crippen molar-refractivity contribution in [1.82, 2.24) is 19.5 Å². The first kappa shape index (κ1) is 22.0. The van der Waals surface area contributed by atoms with Gasteiger partial charge in [0.15, 0.2) is 16.0 Å². The largest absolute Gasteiger partial charge is 0.481 e. The van der Waals surface area contributed by atoms with E-state index in [-0.39, 0.29) is 11.6 Å². The number of ether oxygens (including phenoxy) is 1. The number of benzene rings is 1. The number of urea groups is 1. The number of hydrogen-bond donors (Lipinski definition) is 3. The molecule has 0 saturated heterocycles. The molecule has 9 nitrogen and oxygen atoms in total. The first-order valence-electron chi connectivity index (χ1n) is 10.3. The van der Waals surface area contributed by atoms with Gasteiger partial charge in [-0.2, -0.15) is 5.10 Å². The molecule has 2 aromatic heterocycles. The number of aliphatic hydroxyl groups is 1. The maximum atomic E-state index is 12.8. The van der Waals surface area contributed by atoms with Gasteiger partial charge in [0.2, 0.25) is 5.88 Å². The molecule has 0 aliphatic heterocycles. The highest BCUT2D eigenvalue weighted by atomic mass is 32.2. The second-order valence-corrected chi connectivity index (χ2v) is 8.78. The van der Waals surface area contributed by atoms with Crippen molar-refractivity contribution in [3.05, 3.63) is 53.9 Å². The van der Waals surface area contributed by atoms with Crippen LogP contribution in [0.1, 0.15) is 24.5 Å². The van der Waals surface area contributed by atoms with E-state index < -0.39 is 23.1 Å². The third kappa shape index (κ3) is 4.81. The van der Waals surface area contributed by atoms with Gasteiger partial charge in [-0.15, -0.1) is 0 Å². The van der Waals surface area contributed by atoms with Crippen molar-refractivity contribution in [1.29, 1.82) is 0 Å². The van der Waals surface area contributed by atoms with Crippen molar-refractivity contribution < 1.29 is 18.8 Å². The number of nitrogens with one attached hydrogen (secondary N) is 2. The summed E-state index contributed by atoms with van der Waals surface area (Å²) in [6.45, 7) is 1.91. The Bertz CT molecular complexity index is 1160. The molecule has 0 fully saturated rings. The van der Waals surface area contributed by atoms with Gasteiger partial charge in [-0.1, -0.05) is 12.1 Å². The molecule has 2 atom stereocenters. The monoisotopic (exact) mass is 455 g/mol. The van der Waals surface area contributed by atoms with E-state index in [1.165, 1.54) is 10.2 Å². The Kier molecular flexibility index (Phi) is 6.52. The van der Waals surface area contributed by atoms with Gasteiger partial charge in [-0.25, -0.2) is 14.0 Å². The van der Waals surface area contributed by atoms with Crippen LogP contribution in [-0.4, -0.2) is 43.3 Å². The fourth-order valence-corrected chi connectivity index (χ4v) is 4.52. The van der Waals surface area contributed by atoms with Crippen molar-refractivity contribution in [2.45, 2.75) is 43.9 Å². The van der Waals surface area contributed by atoms with Crippen LogP contribution in [0.15, 0.2) is 47.8 Å². The molecule has 1 aliphatic carbocycles. The number of pyridine rings is 1. The maximum Gasteiger partial charge on any atom is 0.331 e. The van der Waals surface area contributed by atoms with E-state index in [1.807, 2.05) is 18.2 Å². The number of amides is 2. The average Bonchev–Trinajstić information content (AvgIpc) is 3.43. The number of aromatic nitrogens is 3. The average molecular weight is 456 g/mol. The molecule has 2 unspecified atom stereocenters. The molecule has 0 saturated carbocycles. The van der Waals surface area contributed by atoms with Crippen molar-refractivity contribution in [2.24, 2.45) is 0 Å². The molecule has 0 spiro atoms. The van der Waals surface area contributed by atoms with E-state index in [4.69, 9.17) is 4.74 Å². The van der Waals surface area contributed by atoms with Gasteiger partial charge in [0.25, 0.3) is 0 Å². The summed E-state index contributed by atoms with van der Waals surface area (Å²) in [7, 11) is -0.286. The number of aryl methyl sites for hydroxylation is 1. The van der Waals surface area contributed by atoms with Gasteiger partial charge in [0, 0.05) is 24.0 Å². The lowest BCUT2D eigenvalue weighted by Gasteiger charge is -2.16. The Labute approximate surface area is 188 Å². The minimum Gasteiger partial charge on any atom is -0.481 e. The molecule has 0 bridgehead atoms. The predicted molar refractivity (Wildman–Crippen MR) is 121 cm³/mol. The number of fused-ring (bicyclic) bond motifs is 1. The summed E-state index contributed by atoms with van der Waals surface area (Å²) in [5.74, 6) is 0.479. The first-order valence-corrected chi connectivity index (χ1v) is 11.5. The lowest BCUT2D eigenvalue weighted by Crippen LogP contribution is -2.31. The zero-order chi connectivity index (χ0) is 22.7. The number of aliphatic hydroxyl groups excluding tert-OH is 1. The Hall–Kier alpha value is -3.24. The summed E-state index contributed by atoms with van der Waals surface area (Å²) in [5.41, 5.74) is 4.68. The highest BCUT2D eigenvalue weighted by molar-refractivity contribution is 7.83. The second-order valence-electron chi connectivity index (χ2n) is 7.62. The van der Waals surface area contributed by atoms with Crippen LogP contribution in [0.3, 0.4) is 0 Å². The van der Waals surface area contributed by atoms with Gasteiger partial charge in [-0.3, -0.25) is 9.40 Å². The molecule has 10 heteroatoms. The van der Waals surface area contributed by atoms with Crippen molar-refractivity contribution >= 4 is 22.7 Å². The molecule has 168 valence electrons.